The quantitative estimate of drug-likeness (QED) is 0.407. The average Bonchev–Trinajstić information content (AvgIpc) is 2.62. The van der Waals surface area contributed by atoms with E-state index in [2.05, 4.69) is 36.2 Å². The maximum Gasteiger partial charge on any atom is 0.500 e. The van der Waals surface area contributed by atoms with Crippen molar-refractivity contribution in [1.82, 2.24) is 5.32 Å². The van der Waals surface area contributed by atoms with Gasteiger partial charge in [0, 0.05) is 39.1 Å². The van der Waals surface area contributed by atoms with Gasteiger partial charge < -0.3 is 24.3 Å². The van der Waals surface area contributed by atoms with E-state index >= 15 is 0 Å². The van der Waals surface area contributed by atoms with Crippen LogP contribution in [0.4, 0.5) is 0 Å². The molecule has 1 rings (SSSR count). The summed E-state index contributed by atoms with van der Waals surface area (Å²) in [6.45, 7) is 5.65. The average molecular weight is 369 g/mol. The number of nitrogens with one attached hydrogen (secondary N) is 1. The Bertz CT molecular complexity index is 464. The minimum atomic E-state index is -2.57. The molecule has 7 heteroatoms. The van der Waals surface area contributed by atoms with Crippen LogP contribution in [0, 0.1) is 0 Å². The second-order valence-electron chi connectivity index (χ2n) is 6.06. The molecule has 3 N–H and O–H groups in total. The fraction of sp³-hybridized carbons (Fsp3) is 0.529. The van der Waals surface area contributed by atoms with E-state index in [0.29, 0.717) is 0 Å². The van der Waals surface area contributed by atoms with Crippen molar-refractivity contribution in [2.45, 2.75) is 30.6 Å². The molecule has 0 amide bonds. The van der Waals surface area contributed by atoms with Gasteiger partial charge in [0.1, 0.15) is 0 Å². The Kier molecular flexibility index (Phi) is 9.68. The van der Waals surface area contributed by atoms with Crippen LogP contribution in [-0.2, 0) is 19.8 Å². The predicted octanol–water partition coefficient (Wildman–Crippen LogP) is 1.40. The molecule has 5 nitrogen and oxygen atoms in total. The minimum absolute atomic E-state index is 0.195. The van der Waals surface area contributed by atoms with Gasteiger partial charge in [0.2, 0.25) is 0 Å². The lowest BCUT2D eigenvalue weighted by molar-refractivity contribution is 0.121. The topological polar surface area (TPSA) is 65.7 Å². The number of hydrogen-bond donors (Lipinski definition) is 2. The smallest absolute Gasteiger partial charge is 0.377 e. The number of rotatable bonds is 13. The van der Waals surface area contributed by atoms with E-state index in [1.54, 1.807) is 21.3 Å². The van der Waals surface area contributed by atoms with Gasteiger partial charge in [0.25, 0.3) is 0 Å². The van der Waals surface area contributed by atoms with E-state index in [-0.39, 0.29) is 5.16 Å². The third-order valence-corrected chi connectivity index (χ3v) is 8.92. The molecule has 1 unspecified atom stereocenters. The number of benzene rings is 1. The molecule has 136 valence electrons. The highest BCUT2D eigenvalue weighted by atomic mass is 28.4. The highest BCUT2D eigenvalue weighted by Crippen LogP contribution is 2.22. The van der Waals surface area contributed by atoms with Crippen LogP contribution in [-0.4, -0.2) is 51.4 Å². The van der Waals surface area contributed by atoms with Crippen molar-refractivity contribution in [3.63, 3.8) is 0 Å². The largest absolute Gasteiger partial charge is 0.500 e. The lowest BCUT2D eigenvalue weighted by Crippen LogP contribution is -2.51. The summed E-state index contributed by atoms with van der Waals surface area (Å²) < 4.78 is 16.5. The Hall–Kier alpha value is -0.806. The Labute approximate surface area is 149 Å². The Morgan fingerprint density at radius 3 is 2.33 bits per heavy atom. The monoisotopic (exact) mass is 368 g/mol. The molecule has 0 aliphatic carbocycles. The summed E-state index contributed by atoms with van der Waals surface area (Å²) in [5, 5.41) is 3.29. The fourth-order valence-electron chi connectivity index (χ4n) is 2.74. The van der Waals surface area contributed by atoms with Crippen molar-refractivity contribution in [1.29, 1.82) is 0 Å². The van der Waals surface area contributed by atoms with Gasteiger partial charge in [-0.2, -0.15) is 0 Å². The summed E-state index contributed by atoms with van der Waals surface area (Å²) in [5.41, 5.74) is 9.97. The second kappa shape index (κ2) is 10.9. The van der Waals surface area contributed by atoms with Crippen LogP contribution in [0.3, 0.4) is 0 Å². The van der Waals surface area contributed by atoms with Gasteiger partial charge >= 0.3 is 8.80 Å². The van der Waals surface area contributed by atoms with E-state index in [1.807, 2.05) is 11.8 Å². The molecule has 0 fully saturated rings. The van der Waals surface area contributed by atoms with Crippen molar-refractivity contribution in [3.05, 3.63) is 48.2 Å². The molecule has 0 aliphatic heterocycles. The molecule has 0 aliphatic rings. The summed E-state index contributed by atoms with van der Waals surface area (Å²) in [7, 11) is 1.77. The minimum Gasteiger partial charge on any atom is -0.377 e. The summed E-state index contributed by atoms with van der Waals surface area (Å²) in [6.07, 6.45) is 1.75. The van der Waals surface area contributed by atoms with Crippen LogP contribution >= 0.6 is 0 Å². The highest BCUT2D eigenvalue weighted by Gasteiger charge is 2.40. The fourth-order valence-corrected chi connectivity index (χ4v) is 6.35. The van der Waals surface area contributed by atoms with Crippen LogP contribution in [0.25, 0.3) is 0 Å². The van der Waals surface area contributed by atoms with Crippen molar-refractivity contribution in [3.8, 4) is 0 Å². The van der Waals surface area contributed by atoms with E-state index in [0.717, 1.165) is 32.0 Å². The maximum absolute atomic E-state index is 6.67. The molecule has 0 heterocycles. The third-order valence-electron chi connectivity index (χ3n) is 4.38. The van der Waals surface area contributed by atoms with Crippen LogP contribution in [0.2, 0.25) is 6.04 Å². The van der Waals surface area contributed by atoms with Gasteiger partial charge in [-0.3, -0.25) is 0 Å². The normalized spacial score (nSPS) is 14.8. The zero-order valence-electron chi connectivity index (χ0n) is 15.2. The van der Waals surface area contributed by atoms with Gasteiger partial charge in [0.15, 0.2) is 0 Å². The molecule has 1 atom stereocenters. The molecule has 24 heavy (non-hydrogen) atoms. The molecule has 0 spiro atoms. The molecular formula is C17H32N2O3Si2. The van der Waals surface area contributed by atoms with Crippen molar-refractivity contribution >= 4 is 18.3 Å². The maximum atomic E-state index is 6.67. The van der Waals surface area contributed by atoms with Gasteiger partial charge in [0.05, 0.1) is 9.52 Å². The standard InChI is InChI=1S/C17H32N2O3Si2/c1-5-23-17(18,12-14-24(20-2,21-3)22-4)11-13-19-15-16-9-7-6-8-10-16/h5-10,19H,1,11-15,18,23H2,2-4H3. The first kappa shape index (κ1) is 21.2. The zero-order valence-corrected chi connectivity index (χ0v) is 17.6. The SMILES string of the molecule is C=C[SiH2]C(N)(CCNCc1ccccc1)CC[Si](OC)(OC)OC. The van der Waals surface area contributed by atoms with Gasteiger partial charge in [-0.25, -0.2) is 0 Å². The first-order valence-electron chi connectivity index (χ1n) is 8.33. The van der Waals surface area contributed by atoms with Crippen LogP contribution in [0.1, 0.15) is 18.4 Å². The van der Waals surface area contributed by atoms with E-state index in [9.17, 15) is 0 Å². The molecule has 1 aromatic rings. The second-order valence-corrected chi connectivity index (χ2v) is 11.5. The molecule has 0 saturated carbocycles. The zero-order chi connectivity index (χ0) is 17.9. The lowest BCUT2D eigenvalue weighted by Gasteiger charge is -2.32. The Balaban J connectivity index is 2.49. The molecule has 0 radical (unpaired) electrons. The summed E-state index contributed by atoms with van der Waals surface area (Å²) in [4.78, 5) is 0. The molecular weight excluding hydrogens is 336 g/mol. The van der Waals surface area contributed by atoms with Crippen LogP contribution < -0.4 is 11.1 Å². The molecule has 0 aromatic heterocycles. The molecule has 0 bridgehead atoms. The predicted molar refractivity (Wildman–Crippen MR) is 105 cm³/mol. The summed E-state index contributed by atoms with van der Waals surface area (Å²) in [6, 6.07) is 11.1. The molecule has 1 aromatic carbocycles. The lowest BCUT2D eigenvalue weighted by atomic mass is 10.1. The highest BCUT2D eigenvalue weighted by molar-refractivity contribution is 6.60. The first-order valence-corrected chi connectivity index (χ1v) is 11.8. The van der Waals surface area contributed by atoms with Gasteiger partial charge in [-0.1, -0.05) is 30.3 Å². The van der Waals surface area contributed by atoms with Gasteiger partial charge in [-0.15, -0.1) is 12.3 Å². The van der Waals surface area contributed by atoms with Crippen molar-refractivity contribution in [2.24, 2.45) is 5.73 Å². The van der Waals surface area contributed by atoms with E-state index in [4.69, 9.17) is 19.0 Å². The number of hydrogen-bond acceptors (Lipinski definition) is 5. The van der Waals surface area contributed by atoms with E-state index < -0.39 is 18.3 Å². The van der Waals surface area contributed by atoms with Crippen molar-refractivity contribution < 1.29 is 13.3 Å². The molecule has 0 saturated heterocycles. The summed E-state index contributed by atoms with van der Waals surface area (Å²) >= 11 is 0. The van der Waals surface area contributed by atoms with E-state index in [1.165, 1.54) is 5.56 Å². The van der Waals surface area contributed by atoms with Crippen LogP contribution in [0.5, 0.6) is 0 Å². The third kappa shape index (κ3) is 6.98. The Morgan fingerprint density at radius 1 is 1.17 bits per heavy atom. The van der Waals surface area contributed by atoms with Crippen LogP contribution in [0.15, 0.2) is 42.6 Å². The van der Waals surface area contributed by atoms with Gasteiger partial charge in [-0.05, 0) is 24.9 Å². The Morgan fingerprint density at radius 2 is 1.79 bits per heavy atom. The van der Waals surface area contributed by atoms with Crippen molar-refractivity contribution in [2.75, 3.05) is 27.9 Å². The first-order chi connectivity index (χ1) is 11.5. The number of nitrogens with two attached hydrogens (primary N) is 1. The summed E-state index contributed by atoms with van der Waals surface area (Å²) in [5.74, 6) is 0.